The first-order valence-electron chi connectivity index (χ1n) is 18.3. The number of primary amides is 1. The number of aliphatic hydroxyl groups is 3. The van der Waals surface area contributed by atoms with Crippen molar-refractivity contribution in [2.75, 3.05) is 19.8 Å². The van der Waals surface area contributed by atoms with E-state index >= 15 is 0 Å². The number of likely N-dealkylation sites (N-methyl/N-ethyl adjacent to an activating group) is 1. The second kappa shape index (κ2) is 13.9. The van der Waals surface area contributed by atoms with Gasteiger partial charge in [0.25, 0.3) is 5.91 Å². The molecule has 0 bridgehead atoms. The predicted octanol–water partition coefficient (Wildman–Crippen LogP) is 4.97. The van der Waals surface area contributed by atoms with Crippen molar-refractivity contribution in [1.82, 2.24) is 4.90 Å². The number of nitrogens with zero attached hydrogens (tertiary/aromatic N) is 1. The number of nitrogens with two attached hydrogens (primary N) is 1. The highest BCUT2D eigenvalue weighted by atomic mass is 32.2. The minimum atomic E-state index is -2.97. The number of carbonyl (C=O) groups excluding carboxylic acids is 4. The third kappa shape index (κ3) is 6.18. The molecule has 3 saturated carbocycles. The van der Waals surface area contributed by atoms with Crippen LogP contribution in [0.2, 0.25) is 0 Å². The van der Waals surface area contributed by atoms with E-state index in [1.807, 2.05) is 32.9 Å². The number of carbonyl (C=O) groups is 4. The SMILES string of the molecule is CN(C)[C@@H]1C(=O)C(C(N)=O)=C(O)[C@@]2(O)C(=O)C3=C(O)c4c(ccc(C(C)(C)C)c4O)[C@H](CSC4CCCCC4)[C@H]3[C@H](OC(=O)C3CCCCC3)[C@@H]12. The van der Waals surface area contributed by atoms with Gasteiger partial charge < -0.3 is 30.9 Å². The van der Waals surface area contributed by atoms with Gasteiger partial charge in [0.1, 0.15) is 28.9 Å². The zero-order chi connectivity index (χ0) is 37.2. The zero-order valence-corrected chi connectivity index (χ0v) is 31.1. The van der Waals surface area contributed by atoms with Gasteiger partial charge in [-0.2, -0.15) is 11.8 Å². The summed E-state index contributed by atoms with van der Waals surface area (Å²) in [5.74, 6) is -9.19. The van der Waals surface area contributed by atoms with Crippen LogP contribution in [0.4, 0.5) is 0 Å². The second-order valence-electron chi connectivity index (χ2n) is 16.4. The quantitative estimate of drug-likeness (QED) is 0.189. The number of ketones is 2. The van der Waals surface area contributed by atoms with Crippen molar-refractivity contribution >= 4 is 41.0 Å². The van der Waals surface area contributed by atoms with Gasteiger partial charge in [0.2, 0.25) is 5.78 Å². The van der Waals surface area contributed by atoms with Crippen LogP contribution in [0, 0.1) is 17.8 Å². The molecule has 3 fully saturated rings. The van der Waals surface area contributed by atoms with Crippen LogP contribution in [-0.2, 0) is 29.3 Å². The number of hydrogen-bond acceptors (Lipinski definition) is 11. The number of phenolic OH excluding ortho intramolecular Hbond substituents is 1. The van der Waals surface area contributed by atoms with E-state index in [2.05, 4.69) is 0 Å². The molecule has 6 N–H and O–H groups in total. The van der Waals surface area contributed by atoms with Crippen LogP contribution >= 0.6 is 11.8 Å². The minimum absolute atomic E-state index is 0.0466. The summed E-state index contributed by atoms with van der Waals surface area (Å²) in [6.07, 6.45) is 7.83. The van der Waals surface area contributed by atoms with E-state index in [-0.39, 0.29) is 16.9 Å². The van der Waals surface area contributed by atoms with Crippen molar-refractivity contribution in [3.63, 3.8) is 0 Å². The molecule has 278 valence electrons. The number of Topliss-reactive ketones (excluding diaryl/α,β-unsaturated/α-hetero) is 2. The van der Waals surface area contributed by atoms with Crippen LogP contribution in [0.15, 0.2) is 29.0 Å². The van der Waals surface area contributed by atoms with E-state index < -0.39 is 87.4 Å². The lowest BCUT2D eigenvalue weighted by molar-refractivity contribution is -0.188. The van der Waals surface area contributed by atoms with E-state index in [9.17, 15) is 39.6 Å². The van der Waals surface area contributed by atoms with Crippen molar-refractivity contribution in [3.05, 3.63) is 45.7 Å². The molecule has 1 aromatic carbocycles. The number of hydrogen-bond donors (Lipinski definition) is 5. The van der Waals surface area contributed by atoms with Gasteiger partial charge in [-0.15, -0.1) is 0 Å². The number of amides is 1. The summed E-state index contributed by atoms with van der Waals surface area (Å²) in [6, 6.07) is 2.25. The molecule has 6 atom stereocenters. The topological polar surface area (TPSA) is 188 Å². The summed E-state index contributed by atoms with van der Waals surface area (Å²) >= 11 is 1.73. The van der Waals surface area contributed by atoms with Crippen molar-refractivity contribution in [2.45, 2.75) is 119 Å². The smallest absolute Gasteiger partial charge is 0.309 e. The molecule has 0 aromatic heterocycles. The molecule has 0 unspecified atom stereocenters. The summed E-state index contributed by atoms with van der Waals surface area (Å²) in [5.41, 5.74) is 1.96. The lowest BCUT2D eigenvalue weighted by atomic mass is 9.54. The average molecular weight is 725 g/mol. The van der Waals surface area contributed by atoms with E-state index in [0.717, 1.165) is 51.4 Å². The summed E-state index contributed by atoms with van der Waals surface area (Å²) in [5, 5.41) is 48.6. The fraction of sp³-hybridized carbons (Fsp3) is 0.641. The number of ether oxygens (including phenoxy) is 1. The van der Waals surface area contributed by atoms with Crippen molar-refractivity contribution in [1.29, 1.82) is 0 Å². The Morgan fingerprint density at radius 3 is 2.16 bits per heavy atom. The molecule has 5 aliphatic carbocycles. The fourth-order valence-electron chi connectivity index (χ4n) is 9.39. The number of aromatic hydroxyl groups is 1. The molecule has 6 rings (SSSR count). The molecular weight excluding hydrogens is 673 g/mol. The highest BCUT2D eigenvalue weighted by Gasteiger charge is 2.70. The number of rotatable bonds is 7. The largest absolute Gasteiger partial charge is 0.508 e. The molecule has 11 nitrogen and oxygen atoms in total. The van der Waals surface area contributed by atoms with Crippen LogP contribution < -0.4 is 5.73 Å². The Balaban J connectivity index is 1.62. The summed E-state index contributed by atoms with van der Waals surface area (Å²) in [7, 11) is 3.08. The predicted molar refractivity (Wildman–Crippen MR) is 193 cm³/mol. The van der Waals surface area contributed by atoms with Gasteiger partial charge in [0.05, 0.1) is 23.4 Å². The highest BCUT2D eigenvalue weighted by molar-refractivity contribution is 7.99. The Bertz CT molecular complexity index is 1680. The highest BCUT2D eigenvalue weighted by Crippen LogP contribution is 2.58. The molecule has 1 amide bonds. The maximum absolute atomic E-state index is 15.0. The summed E-state index contributed by atoms with van der Waals surface area (Å²) < 4.78 is 6.45. The molecule has 0 aliphatic heterocycles. The van der Waals surface area contributed by atoms with Crippen LogP contribution in [0.5, 0.6) is 5.75 Å². The van der Waals surface area contributed by atoms with Crippen molar-refractivity contribution in [3.8, 4) is 5.75 Å². The Morgan fingerprint density at radius 2 is 1.59 bits per heavy atom. The molecule has 0 spiro atoms. The third-order valence-corrected chi connectivity index (χ3v) is 13.5. The van der Waals surface area contributed by atoms with Gasteiger partial charge in [0.15, 0.2) is 11.4 Å². The number of benzene rings is 1. The average Bonchev–Trinajstić information content (AvgIpc) is 3.07. The summed E-state index contributed by atoms with van der Waals surface area (Å²) in [6.45, 7) is 5.74. The fourth-order valence-corrected chi connectivity index (χ4v) is 10.9. The number of fused-ring (bicyclic) bond motifs is 3. The van der Waals surface area contributed by atoms with E-state index in [1.54, 1.807) is 11.8 Å². The first kappa shape index (κ1) is 37.4. The molecule has 0 saturated heterocycles. The van der Waals surface area contributed by atoms with Gasteiger partial charge in [-0.25, -0.2) is 0 Å². The van der Waals surface area contributed by atoms with Crippen LogP contribution in [-0.4, -0.2) is 91.6 Å². The number of aliphatic hydroxyl groups excluding tert-OH is 2. The number of thioether (sulfide) groups is 1. The first-order valence-corrected chi connectivity index (χ1v) is 19.4. The Kier molecular flexibility index (Phi) is 10.2. The lowest BCUT2D eigenvalue weighted by Gasteiger charge is -2.55. The standard InChI is InChI=1S/C39H52N2O9S/c1-38(2,3)23-17-16-21-22(18-51-20-14-10-7-11-15-20)24-26(31(43)25(21)30(23)42)34(45)39(49)28(33(24)50-37(48)19-12-8-6-9-13-19)29(41(4)5)32(44)27(35(39)46)36(40)47/h16-17,19-20,22,24,28-29,33,42-43,46,49H,6-15,18H2,1-5H3,(H2,40,47)/t22-,24+,28+,29-,33-,39-/m0/s1. The molecule has 1 aromatic rings. The van der Waals surface area contributed by atoms with Gasteiger partial charge >= 0.3 is 5.97 Å². The monoisotopic (exact) mass is 724 g/mol. The van der Waals surface area contributed by atoms with E-state index in [1.165, 1.54) is 19.0 Å². The Hall–Kier alpha value is -3.35. The van der Waals surface area contributed by atoms with Crippen molar-refractivity contribution < 1.29 is 44.3 Å². The van der Waals surface area contributed by atoms with Gasteiger partial charge in [-0.3, -0.25) is 24.1 Å². The Morgan fingerprint density at radius 1 is 0.980 bits per heavy atom. The van der Waals surface area contributed by atoms with E-state index in [0.29, 0.717) is 35.0 Å². The molecular formula is C39H52N2O9S. The maximum atomic E-state index is 15.0. The second-order valence-corrected chi connectivity index (χ2v) is 17.7. The zero-order valence-electron chi connectivity index (χ0n) is 30.2. The van der Waals surface area contributed by atoms with Crippen LogP contribution in [0.25, 0.3) is 5.76 Å². The number of phenols is 1. The maximum Gasteiger partial charge on any atom is 0.309 e. The lowest BCUT2D eigenvalue weighted by Crippen LogP contribution is -2.71. The molecule has 5 aliphatic rings. The number of esters is 1. The first-order chi connectivity index (χ1) is 24.0. The van der Waals surface area contributed by atoms with E-state index in [4.69, 9.17) is 10.5 Å². The van der Waals surface area contributed by atoms with Crippen LogP contribution in [0.3, 0.4) is 0 Å². The molecule has 0 radical (unpaired) electrons. The normalized spacial score (nSPS) is 30.6. The molecule has 12 heteroatoms. The molecule has 51 heavy (non-hydrogen) atoms. The van der Waals surface area contributed by atoms with Gasteiger partial charge in [-0.1, -0.05) is 71.4 Å². The Labute approximate surface area is 303 Å². The minimum Gasteiger partial charge on any atom is -0.508 e. The van der Waals surface area contributed by atoms with Crippen LogP contribution in [0.1, 0.15) is 108 Å². The molecule has 0 heterocycles. The van der Waals surface area contributed by atoms with Crippen molar-refractivity contribution in [2.24, 2.45) is 23.5 Å². The van der Waals surface area contributed by atoms with Gasteiger partial charge in [0, 0.05) is 34.0 Å². The van der Waals surface area contributed by atoms with Gasteiger partial charge in [-0.05, 0) is 50.8 Å². The third-order valence-electron chi connectivity index (χ3n) is 12.0. The summed E-state index contributed by atoms with van der Waals surface area (Å²) in [4.78, 5) is 57.2.